The molecule has 2 atom stereocenters. The Kier molecular flexibility index (Phi) is 4.73. The van der Waals surface area contributed by atoms with Gasteiger partial charge in [-0.25, -0.2) is 0 Å². The second-order valence-electron chi connectivity index (χ2n) is 5.80. The van der Waals surface area contributed by atoms with E-state index in [2.05, 4.69) is 0 Å². The molecule has 0 spiro atoms. The van der Waals surface area contributed by atoms with E-state index in [9.17, 15) is 9.59 Å². The standard InChI is InChI=1S/C13H23NO4/c1-5-6-14(12(17)13(2,3)4)10-8-18-7-9(10)11(15)16/h9-10H,5-8H2,1-4H3,(H,15,16). The number of rotatable bonds is 4. The molecule has 1 saturated heterocycles. The predicted molar refractivity (Wildman–Crippen MR) is 67.2 cm³/mol. The van der Waals surface area contributed by atoms with Gasteiger partial charge in [-0.2, -0.15) is 0 Å². The number of carbonyl (C=O) groups is 2. The summed E-state index contributed by atoms with van der Waals surface area (Å²) in [7, 11) is 0. The molecule has 0 aromatic carbocycles. The van der Waals surface area contributed by atoms with Crippen molar-refractivity contribution in [3.05, 3.63) is 0 Å². The van der Waals surface area contributed by atoms with Gasteiger partial charge in [-0.15, -0.1) is 0 Å². The van der Waals surface area contributed by atoms with E-state index in [1.807, 2.05) is 27.7 Å². The van der Waals surface area contributed by atoms with Gasteiger partial charge in [0.05, 0.1) is 19.3 Å². The van der Waals surface area contributed by atoms with Crippen molar-refractivity contribution in [2.45, 2.75) is 40.2 Å². The third-order valence-electron chi connectivity index (χ3n) is 3.13. The number of aliphatic carboxylic acids is 1. The third-order valence-corrected chi connectivity index (χ3v) is 3.13. The molecular weight excluding hydrogens is 234 g/mol. The van der Waals surface area contributed by atoms with Gasteiger partial charge in [-0.05, 0) is 6.42 Å². The third kappa shape index (κ3) is 3.22. The van der Waals surface area contributed by atoms with Gasteiger partial charge in [0.2, 0.25) is 5.91 Å². The quantitative estimate of drug-likeness (QED) is 0.826. The van der Waals surface area contributed by atoms with Gasteiger partial charge >= 0.3 is 5.97 Å². The summed E-state index contributed by atoms with van der Waals surface area (Å²) in [5, 5.41) is 9.17. The van der Waals surface area contributed by atoms with E-state index in [4.69, 9.17) is 9.84 Å². The molecule has 1 aliphatic heterocycles. The van der Waals surface area contributed by atoms with Gasteiger partial charge in [-0.1, -0.05) is 27.7 Å². The summed E-state index contributed by atoms with van der Waals surface area (Å²) in [5.41, 5.74) is -0.499. The summed E-state index contributed by atoms with van der Waals surface area (Å²) in [6.07, 6.45) is 0.810. The van der Waals surface area contributed by atoms with Gasteiger partial charge in [0.25, 0.3) is 0 Å². The fraction of sp³-hybridized carbons (Fsp3) is 0.846. The zero-order valence-corrected chi connectivity index (χ0v) is 11.6. The van der Waals surface area contributed by atoms with Crippen molar-refractivity contribution in [1.82, 2.24) is 4.90 Å². The van der Waals surface area contributed by atoms with Crippen LogP contribution in [0.15, 0.2) is 0 Å². The second-order valence-corrected chi connectivity index (χ2v) is 5.80. The van der Waals surface area contributed by atoms with Crippen LogP contribution in [-0.4, -0.2) is 47.7 Å². The largest absolute Gasteiger partial charge is 0.481 e. The molecule has 1 amide bonds. The van der Waals surface area contributed by atoms with Crippen molar-refractivity contribution >= 4 is 11.9 Å². The van der Waals surface area contributed by atoms with Crippen molar-refractivity contribution in [3.8, 4) is 0 Å². The van der Waals surface area contributed by atoms with Gasteiger partial charge in [-0.3, -0.25) is 9.59 Å². The normalized spacial score (nSPS) is 24.0. The number of carboxylic acids is 1. The lowest BCUT2D eigenvalue weighted by Crippen LogP contribution is -2.50. The van der Waals surface area contributed by atoms with E-state index in [1.165, 1.54) is 0 Å². The zero-order chi connectivity index (χ0) is 13.9. The Morgan fingerprint density at radius 3 is 2.39 bits per heavy atom. The molecule has 2 unspecified atom stereocenters. The molecule has 0 aromatic rings. The van der Waals surface area contributed by atoms with Crippen LogP contribution in [0.2, 0.25) is 0 Å². The highest BCUT2D eigenvalue weighted by Crippen LogP contribution is 2.26. The monoisotopic (exact) mass is 257 g/mol. The van der Waals surface area contributed by atoms with Crippen molar-refractivity contribution in [2.24, 2.45) is 11.3 Å². The number of nitrogens with zero attached hydrogens (tertiary/aromatic N) is 1. The summed E-state index contributed by atoms with van der Waals surface area (Å²) in [5.74, 6) is -1.51. The Balaban J connectivity index is 2.91. The maximum atomic E-state index is 12.4. The second kappa shape index (κ2) is 5.69. The van der Waals surface area contributed by atoms with Gasteiger partial charge in [0.1, 0.15) is 5.92 Å². The summed E-state index contributed by atoms with van der Waals surface area (Å²) in [4.78, 5) is 25.2. The molecule has 0 radical (unpaired) electrons. The molecule has 1 heterocycles. The fourth-order valence-electron chi connectivity index (χ4n) is 2.18. The minimum atomic E-state index is -0.889. The number of hydrogen-bond donors (Lipinski definition) is 1. The summed E-state index contributed by atoms with van der Waals surface area (Å²) >= 11 is 0. The highest BCUT2D eigenvalue weighted by Gasteiger charge is 2.41. The molecule has 104 valence electrons. The summed E-state index contributed by atoms with van der Waals surface area (Å²) in [6.45, 7) is 8.62. The van der Waals surface area contributed by atoms with Crippen LogP contribution < -0.4 is 0 Å². The molecule has 0 aromatic heterocycles. The molecule has 1 fully saturated rings. The Bertz CT molecular complexity index is 321. The smallest absolute Gasteiger partial charge is 0.311 e. The predicted octanol–water partition coefficient (Wildman–Crippen LogP) is 1.37. The molecule has 0 bridgehead atoms. The number of ether oxygens (including phenoxy) is 1. The Morgan fingerprint density at radius 2 is 1.94 bits per heavy atom. The molecule has 1 aliphatic rings. The SMILES string of the molecule is CCCN(C(=O)C(C)(C)C)C1COCC1C(=O)O. The summed E-state index contributed by atoms with van der Waals surface area (Å²) < 4.78 is 5.25. The van der Waals surface area contributed by atoms with E-state index in [0.29, 0.717) is 13.2 Å². The topological polar surface area (TPSA) is 66.8 Å². The van der Waals surface area contributed by atoms with Crippen molar-refractivity contribution < 1.29 is 19.4 Å². The van der Waals surface area contributed by atoms with E-state index >= 15 is 0 Å². The lowest BCUT2D eigenvalue weighted by molar-refractivity contribution is -0.148. The van der Waals surface area contributed by atoms with Crippen molar-refractivity contribution in [2.75, 3.05) is 19.8 Å². The molecule has 0 saturated carbocycles. The Hall–Kier alpha value is -1.10. The molecule has 1 N–H and O–H groups in total. The molecular formula is C13H23NO4. The van der Waals surface area contributed by atoms with Gasteiger partial charge < -0.3 is 14.7 Å². The molecule has 1 rings (SSSR count). The highest BCUT2D eigenvalue weighted by molar-refractivity contribution is 5.83. The maximum Gasteiger partial charge on any atom is 0.311 e. The molecule has 18 heavy (non-hydrogen) atoms. The molecule has 5 nitrogen and oxygen atoms in total. The summed E-state index contributed by atoms with van der Waals surface area (Å²) in [6, 6.07) is -0.339. The Morgan fingerprint density at radius 1 is 1.33 bits per heavy atom. The van der Waals surface area contributed by atoms with E-state index in [1.54, 1.807) is 4.90 Å². The number of amides is 1. The van der Waals surface area contributed by atoms with Crippen molar-refractivity contribution in [3.63, 3.8) is 0 Å². The van der Waals surface area contributed by atoms with Crippen LogP contribution >= 0.6 is 0 Å². The number of carbonyl (C=O) groups excluding carboxylic acids is 1. The molecule has 5 heteroatoms. The van der Waals surface area contributed by atoms with Crippen LogP contribution in [0.1, 0.15) is 34.1 Å². The first kappa shape index (κ1) is 15.0. The molecule has 0 aliphatic carbocycles. The van der Waals surface area contributed by atoms with Crippen LogP contribution in [0, 0.1) is 11.3 Å². The van der Waals surface area contributed by atoms with E-state index in [0.717, 1.165) is 6.42 Å². The van der Waals surface area contributed by atoms with Gasteiger partial charge in [0.15, 0.2) is 0 Å². The van der Waals surface area contributed by atoms with Crippen LogP contribution in [0.3, 0.4) is 0 Å². The average molecular weight is 257 g/mol. The Labute approximate surface area is 108 Å². The highest BCUT2D eigenvalue weighted by atomic mass is 16.5. The lowest BCUT2D eigenvalue weighted by atomic mass is 9.92. The van der Waals surface area contributed by atoms with Crippen LogP contribution in [0.5, 0.6) is 0 Å². The van der Waals surface area contributed by atoms with Crippen LogP contribution in [0.25, 0.3) is 0 Å². The minimum absolute atomic E-state index is 0.00824. The minimum Gasteiger partial charge on any atom is -0.481 e. The van der Waals surface area contributed by atoms with Crippen LogP contribution in [-0.2, 0) is 14.3 Å². The first-order valence-corrected chi connectivity index (χ1v) is 6.40. The fourth-order valence-corrected chi connectivity index (χ4v) is 2.18. The van der Waals surface area contributed by atoms with Crippen molar-refractivity contribution in [1.29, 1.82) is 0 Å². The first-order valence-electron chi connectivity index (χ1n) is 6.40. The zero-order valence-electron chi connectivity index (χ0n) is 11.6. The first-order chi connectivity index (χ1) is 8.29. The van der Waals surface area contributed by atoms with Crippen LogP contribution in [0.4, 0.5) is 0 Å². The number of hydrogen-bond acceptors (Lipinski definition) is 3. The number of carboxylic acid groups (broad SMARTS) is 1. The lowest BCUT2D eigenvalue weighted by Gasteiger charge is -2.35. The van der Waals surface area contributed by atoms with E-state index in [-0.39, 0.29) is 18.6 Å². The average Bonchev–Trinajstić information content (AvgIpc) is 2.72. The van der Waals surface area contributed by atoms with Gasteiger partial charge in [0, 0.05) is 12.0 Å². The van der Waals surface area contributed by atoms with E-state index < -0.39 is 17.3 Å². The maximum absolute atomic E-state index is 12.4.